The predicted molar refractivity (Wildman–Crippen MR) is 102 cm³/mol. The monoisotopic (exact) mass is 407 g/mol. The van der Waals surface area contributed by atoms with E-state index in [9.17, 15) is 22.8 Å². The van der Waals surface area contributed by atoms with Gasteiger partial charge in [0, 0.05) is 18.0 Å². The van der Waals surface area contributed by atoms with Gasteiger partial charge in [-0.25, -0.2) is 18.3 Å². The highest BCUT2D eigenvalue weighted by atomic mass is 32.2. The molecule has 0 saturated carbocycles. The zero-order chi connectivity index (χ0) is 20.5. The minimum absolute atomic E-state index is 0.0445. The van der Waals surface area contributed by atoms with Crippen LogP contribution in [0, 0.1) is 0 Å². The third-order valence-corrected chi connectivity index (χ3v) is 6.54. The van der Waals surface area contributed by atoms with Gasteiger partial charge < -0.3 is 9.64 Å². The number of H-pyrrole nitrogens is 1. The minimum atomic E-state index is -3.15. The molecule has 28 heavy (non-hydrogen) atoms. The number of nitrogens with one attached hydrogen (secondary N) is 1. The number of likely N-dealkylation sites (N-methyl/N-ethyl adjacent to an activating group) is 1. The summed E-state index contributed by atoms with van der Waals surface area (Å²) in [7, 11) is -3.15. The number of hydrogen-bond donors (Lipinski definition) is 1. The van der Waals surface area contributed by atoms with Gasteiger partial charge in [0.25, 0.3) is 11.5 Å². The second-order valence-corrected chi connectivity index (χ2v) is 8.90. The lowest BCUT2D eigenvalue weighted by molar-refractivity contribution is -0.141. The molecule has 2 atom stereocenters. The van der Waals surface area contributed by atoms with E-state index in [0.717, 1.165) is 0 Å². The van der Waals surface area contributed by atoms with Crippen LogP contribution in [0.4, 0.5) is 0 Å². The summed E-state index contributed by atoms with van der Waals surface area (Å²) in [4.78, 5) is 38.5. The molecule has 10 heteroatoms. The number of carbonyl (C=O) groups excluding carboxylic acids is 2. The van der Waals surface area contributed by atoms with Gasteiger partial charge in [-0.3, -0.25) is 9.59 Å². The molecule has 150 valence electrons. The molecular formula is C18H21N3O6S. The maximum atomic E-state index is 12.7. The zero-order valence-electron chi connectivity index (χ0n) is 15.5. The van der Waals surface area contributed by atoms with E-state index in [1.807, 2.05) is 0 Å². The predicted octanol–water partition coefficient (Wildman–Crippen LogP) is 0.504. The number of amides is 1. The number of ether oxygens (including phenoxy) is 1. The summed E-state index contributed by atoms with van der Waals surface area (Å²) in [6, 6.07) is 6.03. The Bertz CT molecular complexity index is 1080. The Morgan fingerprint density at radius 1 is 1.32 bits per heavy atom. The molecule has 1 aliphatic rings. The van der Waals surface area contributed by atoms with Crippen molar-refractivity contribution in [3.05, 3.63) is 40.3 Å². The highest BCUT2D eigenvalue weighted by Crippen LogP contribution is 2.20. The summed E-state index contributed by atoms with van der Waals surface area (Å²) < 4.78 is 28.7. The quantitative estimate of drug-likeness (QED) is 0.715. The molecule has 0 aliphatic carbocycles. The topological polar surface area (TPSA) is 126 Å². The van der Waals surface area contributed by atoms with E-state index in [4.69, 9.17) is 4.74 Å². The van der Waals surface area contributed by atoms with E-state index in [1.54, 1.807) is 31.2 Å². The fourth-order valence-corrected chi connectivity index (χ4v) is 5.12. The van der Waals surface area contributed by atoms with Crippen molar-refractivity contribution in [1.29, 1.82) is 0 Å². The highest BCUT2D eigenvalue weighted by Gasteiger charge is 2.36. The summed E-state index contributed by atoms with van der Waals surface area (Å²) in [6.07, 6.45) is -0.752. The van der Waals surface area contributed by atoms with Crippen LogP contribution in [-0.4, -0.2) is 65.6 Å². The summed E-state index contributed by atoms with van der Waals surface area (Å²) >= 11 is 0. The fourth-order valence-electron chi connectivity index (χ4n) is 3.39. The standard InChI is InChI=1S/C18H21N3O6S/c1-3-21(12-8-9-28(25,26)10-12)17(23)11(2)27-18(24)15-13-6-4-5-7-14(13)16(22)20-19-15/h4-7,11-12H,3,8-10H2,1-2H3,(H,20,22)/t11-,12-/m1/s1. The third-order valence-electron chi connectivity index (χ3n) is 4.79. The van der Waals surface area contributed by atoms with Crippen LogP contribution in [0.5, 0.6) is 0 Å². The fraction of sp³-hybridized carbons (Fsp3) is 0.444. The van der Waals surface area contributed by atoms with Crippen LogP contribution in [0.15, 0.2) is 29.1 Å². The van der Waals surface area contributed by atoms with E-state index in [-0.39, 0.29) is 22.6 Å². The lowest BCUT2D eigenvalue weighted by atomic mass is 10.1. The highest BCUT2D eigenvalue weighted by molar-refractivity contribution is 7.91. The summed E-state index contributed by atoms with van der Waals surface area (Å²) in [5, 5.41) is 6.62. The normalized spacial score (nSPS) is 19.3. The molecule has 1 amide bonds. The SMILES string of the molecule is CCN(C(=O)[C@@H](C)OC(=O)c1n[nH]c(=O)c2ccccc12)[C@@H]1CCS(=O)(=O)C1. The van der Waals surface area contributed by atoms with E-state index in [2.05, 4.69) is 10.2 Å². The number of sulfone groups is 1. The average Bonchev–Trinajstić information content (AvgIpc) is 3.02. The first kappa shape index (κ1) is 20.0. The van der Waals surface area contributed by atoms with Crippen LogP contribution in [0.2, 0.25) is 0 Å². The number of aromatic amines is 1. The van der Waals surface area contributed by atoms with Crippen LogP contribution < -0.4 is 5.56 Å². The van der Waals surface area contributed by atoms with Crippen molar-refractivity contribution in [2.75, 3.05) is 18.1 Å². The largest absolute Gasteiger partial charge is 0.448 e. The van der Waals surface area contributed by atoms with Gasteiger partial charge in [0.05, 0.1) is 16.9 Å². The van der Waals surface area contributed by atoms with Gasteiger partial charge in [0.15, 0.2) is 21.6 Å². The smallest absolute Gasteiger partial charge is 0.360 e. The molecule has 2 aromatic rings. The molecule has 0 unspecified atom stereocenters. The Balaban J connectivity index is 1.78. The summed E-state index contributed by atoms with van der Waals surface area (Å²) in [5.41, 5.74) is -0.530. The van der Waals surface area contributed by atoms with E-state index in [0.29, 0.717) is 18.4 Å². The lowest BCUT2D eigenvalue weighted by Crippen LogP contribution is -2.46. The molecule has 0 spiro atoms. The van der Waals surface area contributed by atoms with Crippen molar-refractivity contribution >= 4 is 32.5 Å². The van der Waals surface area contributed by atoms with Crippen LogP contribution in [0.1, 0.15) is 30.8 Å². The second-order valence-electron chi connectivity index (χ2n) is 6.68. The van der Waals surface area contributed by atoms with Crippen molar-refractivity contribution in [2.24, 2.45) is 0 Å². The number of hydrogen-bond acceptors (Lipinski definition) is 7. The van der Waals surface area contributed by atoms with Crippen molar-refractivity contribution in [3.63, 3.8) is 0 Å². The van der Waals surface area contributed by atoms with Gasteiger partial charge >= 0.3 is 5.97 Å². The zero-order valence-corrected chi connectivity index (χ0v) is 16.4. The van der Waals surface area contributed by atoms with Crippen molar-refractivity contribution in [2.45, 2.75) is 32.4 Å². The lowest BCUT2D eigenvalue weighted by Gasteiger charge is -2.29. The van der Waals surface area contributed by atoms with Gasteiger partial charge in [0.1, 0.15) is 0 Å². The maximum Gasteiger partial charge on any atom is 0.360 e. The molecular weight excluding hydrogens is 386 g/mol. The molecule has 1 N–H and O–H groups in total. The van der Waals surface area contributed by atoms with Crippen molar-refractivity contribution in [1.82, 2.24) is 15.1 Å². The molecule has 1 saturated heterocycles. The van der Waals surface area contributed by atoms with Gasteiger partial charge in [-0.1, -0.05) is 18.2 Å². The first-order valence-corrected chi connectivity index (χ1v) is 10.7. The average molecular weight is 407 g/mol. The second kappa shape index (κ2) is 7.70. The van der Waals surface area contributed by atoms with Gasteiger partial charge in [-0.05, 0) is 26.3 Å². The molecule has 1 fully saturated rings. The van der Waals surface area contributed by atoms with Crippen molar-refractivity contribution in [3.8, 4) is 0 Å². The van der Waals surface area contributed by atoms with E-state index >= 15 is 0 Å². The Morgan fingerprint density at radius 3 is 2.61 bits per heavy atom. The van der Waals surface area contributed by atoms with Crippen LogP contribution >= 0.6 is 0 Å². The molecule has 1 aliphatic heterocycles. The molecule has 2 heterocycles. The van der Waals surface area contributed by atoms with Crippen LogP contribution in [0.3, 0.4) is 0 Å². The summed E-state index contributed by atoms with van der Waals surface area (Å²) in [6.45, 7) is 3.48. The molecule has 9 nitrogen and oxygen atoms in total. The van der Waals surface area contributed by atoms with Gasteiger partial charge in [0.2, 0.25) is 0 Å². The van der Waals surface area contributed by atoms with Crippen LogP contribution in [0.25, 0.3) is 10.8 Å². The molecule has 0 radical (unpaired) electrons. The Labute approximate surface area is 161 Å². The third kappa shape index (κ3) is 3.91. The molecule has 1 aromatic carbocycles. The number of fused-ring (bicyclic) bond motifs is 1. The minimum Gasteiger partial charge on any atom is -0.448 e. The Hall–Kier alpha value is -2.75. The van der Waals surface area contributed by atoms with Crippen molar-refractivity contribution < 1.29 is 22.7 Å². The van der Waals surface area contributed by atoms with E-state index < -0.39 is 39.4 Å². The number of carbonyl (C=O) groups is 2. The van der Waals surface area contributed by atoms with Crippen LogP contribution in [-0.2, 0) is 19.4 Å². The first-order valence-electron chi connectivity index (χ1n) is 8.93. The molecule has 0 bridgehead atoms. The first-order chi connectivity index (χ1) is 13.2. The molecule has 3 rings (SSSR count). The number of nitrogens with zero attached hydrogens (tertiary/aromatic N) is 2. The Morgan fingerprint density at radius 2 is 2.00 bits per heavy atom. The number of benzene rings is 1. The Kier molecular flexibility index (Phi) is 5.50. The number of rotatable bonds is 5. The summed E-state index contributed by atoms with van der Waals surface area (Å²) in [5.74, 6) is -1.35. The molecule has 1 aromatic heterocycles. The van der Waals surface area contributed by atoms with Gasteiger partial charge in [-0.2, -0.15) is 5.10 Å². The van der Waals surface area contributed by atoms with Gasteiger partial charge in [-0.15, -0.1) is 0 Å². The van der Waals surface area contributed by atoms with E-state index in [1.165, 1.54) is 11.8 Å². The number of esters is 1. The maximum absolute atomic E-state index is 12.7. The number of aromatic nitrogens is 2.